The van der Waals surface area contributed by atoms with E-state index >= 15 is 0 Å². The van der Waals surface area contributed by atoms with Gasteiger partial charge in [-0.05, 0) is 18.2 Å². The summed E-state index contributed by atoms with van der Waals surface area (Å²) < 4.78 is 1.60. The first-order valence-corrected chi connectivity index (χ1v) is 5.18. The van der Waals surface area contributed by atoms with Crippen molar-refractivity contribution in [3.8, 4) is 11.9 Å². The van der Waals surface area contributed by atoms with Gasteiger partial charge in [-0.15, -0.1) is 0 Å². The van der Waals surface area contributed by atoms with Crippen LogP contribution in [0, 0.1) is 11.3 Å². The number of hydrogen-bond donors (Lipinski definition) is 0. The third-order valence-corrected chi connectivity index (χ3v) is 2.55. The maximum absolute atomic E-state index is 9.15. The summed E-state index contributed by atoms with van der Waals surface area (Å²) in [5, 5.41) is 14.2. The van der Waals surface area contributed by atoms with Crippen molar-refractivity contribution in [2.75, 3.05) is 0 Å². The van der Waals surface area contributed by atoms with Gasteiger partial charge in [0.15, 0.2) is 5.82 Å². The van der Waals surface area contributed by atoms with Gasteiger partial charge in [0.25, 0.3) is 0 Å². The molecule has 4 heteroatoms. The summed E-state index contributed by atoms with van der Waals surface area (Å²) in [7, 11) is 0. The van der Waals surface area contributed by atoms with Crippen LogP contribution in [0.3, 0.4) is 0 Å². The van der Waals surface area contributed by atoms with Crippen molar-refractivity contribution < 1.29 is 0 Å². The van der Waals surface area contributed by atoms with E-state index in [9.17, 15) is 0 Å². The van der Waals surface area contributed by atoms with Crippen LogP contribution >= 0.6 is 0 Å². The maximum atomic E-state index is 9.15. The molecule has 0 radical (unpaired) electrons. The molecule has 0 amide bonds. The molecule has 3 rings (SSSR count). The molecule has 0 N–H and O–H groups in total. The fourth-order valence-electron chi connectivity index (χ4n) is 1.76. The van der Waals surface area contributed by atoms with Gasteiger partial charge in [0.2, 0.25) is 0 Å². The summed E-state index contributed by atoms with van der Waals surface area (Å²) in [6, 6.07) is 13.5. The van der Waals surface area contributed by atoms with Gasteiger partial charge in [0.1, 0.15) is 6.07 Å². The van der Waals surface area contributed by atoms with Gasteiger partial charge in [0.05, 0.1) is 11.1 Å². The molecule has 0 aliphatic rings. The van der Waals surface area contributed by atoms with E-state index in [2.05, 4.69) is 16.2 Å². The molecule has 80 valence electrons. The van der Waals surface area contributed by atoms with Gasteiger partial charge in [-0.3, -0.25) is 0 Å². The normalized spacial score (nSPS) is 10.3. The predicted molar refractivity (Wildman–Crippen MR) is 63.6 cm³/mol. The van der Waals surface area contributed by atoms with E-state index in [-0.39, 0.29) is 0 Å². The number of nitrogens with zero attached hydrogens (tertiary/aromatic N) is 4. The van der Waals surface area contributed by atoms with Crippen molar-refractivity contribution in [2.45, 2.75) is 0 Å². The monoisotopic (exact) mass is 220 g/mol. The third-order valence-electron chi connectivity index (χ3n) is 2.55. The lowest BCUT2D eigenvalue weighted by Crippen LogP contribution is -2.01. The van der Waals surface area contributed by atoms with Crippen molar-refractivity contribution in [3.63, 3.8) is 0 Å². The molecule has 0 spiro atoms. The Labute approximate surface area is 97.8 Å². The van der Waals surface area contributed by atoms with Crippen LogP contribution in [-0.4, -0.2) is 14.8 Å². The fourth-order valence-corrected chi connectivity index (χ4v) is 1.76. The Kier molecular flexibility index (Phi) is 2.09. The second-order valence-electron chi connectivity index (χ2n) is 3.61. The molecular weight excluding hydrogens is 212 g/mol. The highest BCUT2D eigenvalue weighted by Crippen LogP contribution is 2.18. The van der Waals surface area contributed by atoms with E-state index in [0.717, 1.165) is 10.9 Å². The number of hydrogen-bond acceptors (Lipinski definition) is 3. The lowest BCUT2D eigenvalue weighted by Gasteiger charge is -2.05. The molecule has 0 atom stereocenters. The summed E-state index contributed by atoms with van der Waals surface area (Å²) in [4.78, 5) is 4.47. The molecule has 0 unspecified atom stereocenters. The molecule has 0 saturated heterocycles. The van der Waals surface area contributed by atoms with Gasteiger partial charge in [-0.25, -0.2) is 9.67 Å². The molecule has 0 bridgehead atoms. The number of rotatable bonds is 1. The van der Waals surface area contributed by atoms with Gasteiger partial charge in [0, 0.05) is 17.8 Å². The van der Waals surface area contributed by atoms with Crippen LogP contribution in [0.1, 0.15) is 5.56 Å². The number of aromatic nitrogens is 3. The molecule has 1 aromatic carbocycles. The SMILES string of the molecule is N#Cc1cc2ccccc2nc1-n1cccn1. The van der Waals surface area contributed by atoms with E-state index < -0.39 is 0 Å². The first kappa shape index (κ1) is 9.55. The number of para-hydroxylation sites is 1. The number of fused-ring (bicyclic) bond motifs is 1. The van der Waals surface area contributed by atoms with Crippen LogP contribution in [0.15, 0.2) is 48.8 Å². The lowest BCUT2D eigenvalue weighted by molar-refractivity contribution is 0.849. The molecule has 2 heterocycles. The van der Waals surface area contributed by atoms with Crippen molar-refractivity contribution >= 4 is 10.9 Å². The molecule has 0 saturated carbocycles. The van der Waals surface area contributed by atoms with Crippen molar-refractivity contribution in [1.82, 2.24) is 14.8 Å². The molecule has 0 aliphatic heterocycles. The maximum Gasteiger partial charge on any atom is 0.171 e. The average molecular weight is 220 g/mol. The number of benzene rings is 1. The Morgan fingerprint density at radius 2 is 2.06 bits per heavy atom. The standard InChI is InChI=1S/C13H8N4/c14-9-11-8-10-4-1-2-5-12(10)16-13(11)17-7-3-6-15-17/h1-8H. The quantitative estimate of drug-likeness (QED) is 0.632. The Morgan fingerprint density at radius 3 is 2.82 bits per heavy atom. The summed E-state index contributed by atoms with van der Waals surface area (Å²) in [5.74, 6) is 0.566. The molecular formula is C13H8N4. The first-order valence-electron chi connectivity index (χ1n) is 5.18. The van der Waals surface area contributed by atoms with Crippen LogP contribution < -0.4 is 0 Å². The average Bonchev–Trinajstić information content (AvgIpc) is 2.91. The minimum atomic E-state index is 0.521. The Hall–Kier alpha value is -2.67. The van der Waals surface area contributed by atoms with Crippen LogP contribution in [0.4, 0.5) is 0 Å². The minimum absolute atomic E-state index is 0.521. The number of nitriles is 1. The van der Waals surface area contributed by atoms with Gasteiger partial charge < -0.3 is 0 Å². The van der Waals surface area contributed by atoms with Crippen LogP contribution in [0.2, 0.25) is 0 Å². The minimum Gasteiger partial charge on any atom is -0.227 e. The summed E-state index contributed by atoms with van der Waals surface area (Å²) >= 11 is 0. The number of pyridine rings is 1. The van der Waals surface area contributed by atoms with Gasteiger partial charge in [-0.2, -0.15) is 10.4 Å². The summed E-state index contributed by atoms with van der Waals surface area (Å²) in [6.07, 6.45) is 3.44. The predicted octanol–water partition coefficient (Wildman–Crippen LogP) is 2.29. The van der Waals surface area contributed by atoms with E-state index in [4.69, 9.17) is 5.26 Å². The van der Waals surface area contributed by atoms with Crippen LogP contribution in [0.5, 0.6) is 0 Å². The van der Waals surface area contributed by atoms with E-state index in [1.54, 1.807) is 23.1 Å². The largest absolute Gasteiger partial charge is 0.227 e. The topological polar surface area (TPSA) is 54.5 Å². The van der Waals surface area contributed by atoms with Crippen LogP contribution in [0.25, 0.3) is 16.7 Å². The van der Waals surface area contributed by atoms with Crippen molar-refractivity contribution in [3.05, 3.63) is 54.4 Å². The second kappa shape index (κ2) is 3.72. The summed E-state index contributed by atoms with van der Waals surface area (Å²) in [6.45, 7) is 0. The first-order chi connectivity index (χ1) is 8.38. The second-order valence-corrected chi connectivity index (χ2v) is 3.61. The smallest absolute Gasteiger partial charge is 0.171 e. The van der Waals surface area contributed by atoms with Gasteiger partial charge in [-0.1, -0.05) is 18.2 Å². The zero-order chi connectivity index (χ0) is 11.7. The highest BCUT2D eigenvalue weighted by atomic mass is 15.3. The van der Waals surface area contributed by atoms with E-state index in [1.807, 2.05) is 30.3 Å². The Bertz CT molecular complexity index is 708. The molecule has 4 nitrogen and oxygen atoms in total. The molecule has 0 fully saturated rings. The summed E-state index contributed by atoms with van der Waals surface area (Å²) in [5.41, 5.74) is 1.38. The van der Waals surface area contributed by atoms with Crippen LogP contribution in [-0.2, 0) is 0 Å². The van der Waals surface area contributed by atoms with Crippen molar-refractivity contribution in [1.29, 1.82) is 5.26 Å². The van der Waals surface area contributed by atoms with Gasteiger partial charge >= 0.3 is 0 Å². The molecule has 3 aromatic rings. The molecule has 17 heavy (non-hydrogen) atoms. The van der Waals surface area contributed by atoms with Crippen molar-refractivity contribution in [2.24, 2.45) is 0 Å². The fraction of sp³-hybridized carbons (Fsp3) is 0. The highest BCUT2D eigenvalue weighted by molar-refractivity contribution is 5.81. The highest BCUT2D eigenvalue weighted by Gasteiger charge is 2.08. The zero-order valence-corrected chi connectivity index (χ0v) is 8.91. The Morgan fingerprint density at radius 1 is 1.18 bits per heavy atom. The molecule has 2 aromatic heterocycles. The molecule has 0 aliphatic carbocycles. The van der Waals surface area contributed by atoms with E-state index in [0.29, 0.717) is 11.4 Å². The Balaban J connectivity index is 2.34. The zero-order valence-electron chi connectivity index (χ0n) is 8.91. The third kappa shape index (κ3) is 1.54. The lowest BCUT2D eigenvalue weighted by atomic mass is 10.1. The van der Waals surface area contributed by atoms with E-state index in [1.165, 1.54) is 0 Å².